The molecule has 126 valence electrons. The summed E-state index contributed by atoms with van der Waals surface area (Å²) in [5.41, 5.74) is 13.6. The van der Waals surface area contributed by atoms with Crippen LogP contribution in [0.2, 0.25) is 0 Å². The number of nitrogens with one attached hydrogen (secondary N) is 2. The van der Waals surface area contributed by atoms with Crippen LogP contribution in [0.1, 0.15) is 34.5 Å². The Hall–Kier alpha value is -3.34. The second-order valence-electron chi connectivity index (χ2n) is 5.98. The molecular formula is C20H20N4O. The molecule has 5 heteroatoms. The number of nitrogens with two attached hydrogens (primary N) is 2. The minimum atomic E-state index is -0.291. The van der Waals surface area contributed by atoms with Gasteiger partial charge in [0.25, 0.3) is 5.91 Å². The molecule has 0 aliphatic carbocycles. The number of nitrogen functional groups attached to an aromatic ring is 2. The van der Waals surface area contributed by atoms with Crippen LogP contribution in [0, 0.1) is 5.41 Å². The molecule has 1 amide bonds. The summed E-state index contributed by atoms with van der Waals surface area (Å²) in [7, 11) is 0. The third kappa shape index (κ3) is 3.30. The molecule has 0 saturated heterocycles. The molecule has 0 fully saturated rings. The van der Waals surface area contributed by atoms with E-state index in [9.17, 15) is 4.79 Å². The van der Waals surface area contributed by atoms with E-state index in [-0.39, 0.29) is 17.8 Å². The van der Waals surface area contributed by atoms with E-state index >= 15 is 0 Å². The van der Waals surface area contributed by atoms with Gasteiger partial charge in [0, 0.05) is 11.3 Å². The summed E-state index contributed by atoms with van der Waals surface area (Å²) >= 11 is 0. The minimum Gasteiger partial charge on any atom is -0.398 e. The lowest BCUT2D eigenvalue weighted by Gasteiger charge is -2.17. The van der Waals surface area contributed by atoms with Gasteiger partial charge < -0.3 is 16.8 Å². The van der Waals surface area contributed by atoms with Gasteiger partial charge in [0.1, 0.15) is 5.84 Å². The molecule has 3 aromatic rings. The van der Waals surface area contributed by atoms with Crippen molar-refractivity contribution in [1.29, 1.82) is 5.41 Å². The summed E-state index contributed by atoms with van der Waals surface area (Å²) in [4.78, 5) is 12.7. The van der Waals surface area contributed by atoms with Gasteiger partial charge in [-0.25, -0.2) is 0 Å². The normalized spacial score (nSPS) is 11.9. The zero-order valence-corrected chi connectivity index (χ0v) is 13.9. The van der Waals surface area contributed by atoms with Crippen molar-refractivity contribution >= 4 is 28.2 Å². The molecule has 3 aromatic carbocycles. The lowest BCUT2D eigenvalue weighted by molar-refractivity contribution is 0.0941. The van der Waals surface area contributed by atoms with Gasteiger partial charge >= 0.3 is 0 Å². The fourth-order valence-electron chi connectivity index (χ4n) is 2.90. The number of fused-ring (bicyclic) bond motifs is 1. The molecule has 1 atom stereocenters. The first-order chi connectivity index (χ1) is 12.0. The maximum absolute atomic E-state index is 12.7. The standard InChI is InChI=1S/C20H20N4O/c1-12(15-8-4-6-13-5-2-3-7-16(13)15)24-20(25)17-11-14(19(22)23)9-10-18(17)21/h2-12H,21H2,1H3,(H3,22,23)(H,24,25). The van der Waals surface area contributed by atoms with Gasteiger partial charge in [-0.1, -0.05) is 42.5 Å². The van der Waals surface area contributed by atoms with Gasteiger partial charge in [-0.2, -0.15) is 0 Å². The Bertz CT molecular complexity index is 960. The van der Waals surface area contributed by atoms with Crippen LogP contribution in [0.3, 0.4) is 0 Å². The fraction of sp³-hybridized carbons (Fsp3) is 0.100. The van der Waals surface area contributed by atoms with Gasteiger partial charge in [-0.05, 0) is 41.5 Å². The summed E-state index contributed by atoms with van der Waals surface area (Å²) in [6.07, 6.45) is 0. The van der Waals surface area contributed by atoms with E-state index in [1.807, 2.05) is 49.4 Å². The van der Waals surface area contributed by atoms with Crippen molar-refractivity contribution in [3.8, 4) is 0 Å². The van der Waals surface area contributed by atoms with Crippen LogP contribution in [-0.2, 0) is 0 Å². The predicted octanol–water partition coefficient (Wildman–Crippen LogP) is 3.20. The van der Waals surface area contributed by atoms with Gasteiger partial charge in [0.2, 0.25) is 0 Å². The van der Waals surface area contributed by atoms with Crippen LogP contribution in [-0.4, -0.2) is 11.7 Å². The maximum Gasteiger partial charge on any atom is 0.253 e. The van der Waals surface area contributed by atoms with E-state index in [4.69, 9.17) is 16.9 Å². The molecule has 25 heavy (non-hydrogen) atoms. The molecular weight excluding hydrogens is 312 g/mol. The Morgan fingerprint density at radius 2 is 1.80 bits per heavy atom. The fourth-order valence-corrected chi connectivity index (χ4v) is 2.90. The van der Waals surface area contributed by atoms with Crippen molar-refractivity contribution in [2.45, 2.75) is 13.0 Å². The molecule has 5 nitrogen and oxygen atoms in total. The van der Waals surface area contributed by atoms with Crippen molar-refractivity contribution in [2.75, 3.05) is 5.73 Å². The van der Waals surface area contributed by atoms with Crippen molar-refractivity contribution < 1.29 is 4.79 Å². The molecule has 0 spiro atoms. The zero-order chi connectivity index (χ0) is 18.0. The topological polar surface area (TPSA) is 105 Å². The van der Waals surface area contributed by atoms with Crippen molar-refractivity contribution in [3.63, 3.8) is 0 Å². The van der Waals surface area contributed by atoms with E-state index in [2.05, 4.69) is 5.32 Å². The number of carbonyl (C=O) groups excluding carboxylic acids is 1. The molecule has 6 N–H and O–H groups in total. The zero-order valence-electron chi connectivity index (χ0n) is 13.9. The summed E-state index contributed by atoms with van der Waals surface area (Å²) in [5.74, 6) is -0.391. The van der Waals surface area contributed by atoms with Gasteiger partial charge in [0.15, 0.2) is 0 Å². The van der Waals surface area contributed by atoms with E-state index in [1.54, 1.807) is 18.2 Å². The number of amidine groups is 1. The maximum atomic E-state index is 12.7. The van der Waals surface area contributed by atoms with Gasteiger partial charge in [0.05, 0.1) is 11.6 Å². The molecule has 3 rings (SSSR count). The second-order valence-corrected chi connectivity index (χ2v) is 5.98. The smallest absolute Gasteiger partial charge is 0.253 e. The molecule has 0 saturated carbocycles. The lowest BCUT2D eigenvalue weighted by Crippen LogP contribution is -2.28. The monoisotopic (exact) mass is 332 g/mol. The third-order valence-corrected chi connectivity index (χ3v) is 4.25. The van der Waals surface area contributed by atoms with E-state index in [0.29, 0.717) is 16.8 Å². The SMILES string of the molecule is CC(NC(=O)c1cc(C(=N)N)ccc1N)c1cccc2ccccc12. The van der Waals surface area contributed by atoms with Crippen LogP contribution >= 0.6 is 0 Å². The summed E-state index contributed by atoms with van der Waals surface area (Å²) < 4.78 is 0. The minimum absolute atomic E-state index is 0.101. The highest BCUT2D eigenvalue weighted by atomic mass is 16.1. The van der Waals surface area contributed by atoms with Crippen molar-refractivity contribution in [3.05, 3.63) is 77.4 Å². The Balaban J connectivity index is 1.90. The summed E-state index contributed by atoms with van der Waals surface area (Å²) in [5, 5.41) is 12.7. The van der Waals surface area contributed by atoms with Crippen molar-refractivity contribution in [2.24, 2.45) is 5.73 Å². The first-order valence-electron chi connectivity index (χ1n) is 8.00. The Morgan fingerprint density at radius 1 is 1.08 bits per heavy atom. The molecule has 0 aliphatic rings. The largest absolute Gasteiger partial charge is 0.398 e. The first kappa shape index (κ1) is 16.5. The Morgan fingerprint density at radius 3 is 2.56 bits per heavy atom. The highest BCUT2D eigenvalue weighted by Crippen LogP contribution is 2.25. The molecule has 0 aromatic heterocycles. The van der Waals surface area contributed by atoms with E-state index in [0.717, 1.165) is 16.3 Å². The van der Waals surface area contributed by atoms with Crippen LogP contribution < -0.4 is 16.8 Å². The average molecular weight is 332 g/mol. The second kappa shape index (κ2) is 6.65. The van der Waals surface area contributed by atoms with Gasteiger partial charge in [-0.3, -0.25) is 10.2 Å². The number of hydrogen-bond donors (Lipinski definition) is 4. The molecule has 0 aliphatic heterocycles. The van der Waals surface area contributed by atoms with E-state index < -0.39 is 0 Å². The molecule has 0 bridgehead atoms. The third-order valence-electron chi connectivity index (χ3n) is 4.25. The quantitative estimate of drug-likeness (QED) is 0.335. The number of hydrogen-bond acceptors (Lipinski definition) is 3. The number of amides is 1. The Labute approximate surface area is 146 Å². The van der Waals surface area contributed by atoms with Crippen LogP contribution in [0.4, 0.5) is 5.69 Å². The van der Waals surface area contributed by atoms with Gasteiger partial charge in [-0.15, -0.1) is 0 Å². The average Bonchev–Trinajstić information content (AvgIpc) is 2.61. The summed E-state index contributed by atoms with van der Waals surface area (Å²) in [6.45, 7) is 1.94. The summed E-state index contributed by atoms with van der Waals surface area (Å²) in [6, 6.07) is 18.6. The number of benzene rings is 3. The highest BCUT2D eigenvalue weighted by Gasteiger charge is 2.16. The van der Waals surface area contributed by atoms with Crippen molar-refractivity contribution in [1.82, 2.24) is 5.32 Å². The van der Waals surface area contributed by atoms with Crippen LogP contribution in [0.25, 0.3) is 10.8 Å². The first-order valence-corrected chi connectivity index (χ1v) is 8.00. The number of rotatable bonds is 4. The highest BCUT2D eigenvalue weighted by molar-refractivity contribution is 6.03. The number of carbonyl (C=O) groups is 1. The molecule has 0 heterocycles. The lowest BCUT2D eigenvalue weighted by atomic mass is 9.99. The number of anilines is 1. The van der Waals surface area contributed by atoms with E-state index in [1.165, 1.54) is 0 Å². The Kier molecular flexibility index (Phi) is 4.39. The van der Waals surface area contributed by atoms with Crippen LogP contribution in [0.5, 0.6) is 0 Å². The molecule has 1 unspecified atom stereocenters. The van der Waals surface area contributed by atoms with Crippen LogP contribution in [0.15, 0.2) is 60.7 Å². The predicted molar refractivity (Wildman–Crippen MR) is 102 cm³/mol. The molecule has 0 radical (unpaired) electrons.